The Morgan fingerprint density at radius 2 is 2.09 bits per heavy atom. The fourth-order valence-corrected chi connectivity index (χ4v) is 1.32. The molecule has 1 heterocycles. The van der Waals surface area contributed by atoms with E-state index < -0.39 is 0 Å². The molecule has 1 saturated heterocycles. The van der Waals surface area contributed by atoms with Crippen molar-refractivity contribution >= 4 is 6.21 Å². The summed E-state index contributed by atoms with van der Waals surface area (Å²) in [4.78, 5) is 6.97. The maximum Gasteiger partial charge on any atom is 0.106 e. The molecule has 64 valence electrons. The van der Waals surface area contributed by atoms with E-state index in [1.165, 1.54) is 25.9 Å². The molecular formula is C8H16N2O. The van der Waals surface area contributed by atoms with Crippen molar-refractivity contribution in [2.75, 3.05) is 27.2 Å². The number of rotatable bonds is 2. The molecule has 0 N–H and O–H groups in total. The van der Waals surface area contributed by atoms with Gasteiger partial charge in [-0.15, -0.1) is 0 Å². The fraction of sp³-hybridized carbons (Fsp3) is 0.875. The number of nitrogens with zero attached hydrogens (tertiary/aromatic N) is 2. The van der Waals surface area contributed by atoms with Crippen LogP contribution in [0.1, 0.15) is 12.8 Å². The first kappa shape index (κ1) is 8.53. The van der Waals surface area contributed by atoms with Crippen molar-refractivity contribution < 1.29 is 4.84 Å². The summed E-state index contributed by atoms with van der Waals surface area (Å²) >= 11 is 0. The van der Waals surface area contributed by atoms with E-state index in [-0.39, 0.29) is 0 Å². The Morgan fingerprint density at radius 1 is 1.45 bits per heavy atom. The summed E-state index contributed by atoms with van der Waals surface area (Å²) in [5, 5.41) is 3.78. The van der Waals surface area contributed by atoms with Gasteiger partial charge in [-0.2, -0.15) is 0 Å². The molecule has 0 spiro atoms. The van der Waals surface area contributed by atoms with Crippen molar-refractivity contribution in [3.05, 3.63) is 0 Å². The lowest BCUT2D eigenvalue weighted by atomic mass is 9.99. The summed E-state index contributed by atoms with van der Waals surface area (Å²) in [6.07, 6.45) is 4.35. The molecule has 11 heavy (non-hydrogen) atoms. The molecule has 0 saturated carbocycles. The second-order valence-corrected chi connectivity index (χ2v) is 3.08. The summed E-state index contributed by atoms with van der Waals surface area (Å²) in [7, 11) is 3.75. The van der Waals surface area contributed by atoms with E-state index in [4.69, 9.17) is 0 Å². The molecule has 0 aromatic rings. The molecule has 0 aromatic carbocycles. The van der Waals surface area contributed by atoms with Gasteiger partial charge in [0.25, 0.3) is 0 Å². The molecular weight excluding hydrogens is 140 g/mol. The molecule has 3 heteroatoms. The van der Waals surface area contributed by atoms with Crippen LogP contribution < -0.4 is 0 Å². The molecule has 0 amide bonds. The fourth-order valence-electron chi connectivity index (χ4n) is 1.32. The lowest BCUT2D eigenvalue weighted by Gasteiger charge is -2.26. The zero-order chi connectivity index (χ0) is 8.10. The highest BCUT2D eigenvalue weighted by Crippen LogP contribution is 2.13. The Labute approximate surface area is 68.0 Å². The average Bonchev–Trinajstić information content (AvgIpc) is 2.04. The number of hydrogen-bond acceptors (Lipinski definition) is 3. The van der Waals surface area contributed by atoms with Crippen LogP contribution in [-0.4, -0.2) is 38.4 Å². The van der Waals surface area contributed by atoms with E-state index in [0.717, 1.165) is 0 Å². The number of likely N-dealkylation sites (tertiary alicyclic amines) is 1. The van der Waals surface area contributed by atoms with Crippen LogP contribution in [0.5, 0.6) is 0 Å². The van der Waals surface area contributed by atoms with Crippen LogP contribution in [0.3, 0.4) is 0 Å². The van der Waals surface area contributed by atoms with Crippen molar-refractivity contribution in [3.63, 3.8) is 0 Å². The molecule has 3 nitrogen and oxygen atoms in total. The first-order valence-corrected chi connectivity index (χ1v) is 4.08. The predicted molar refractivity (Wildman–Crippen MR) is 45.7 cm³/mol. The predicted octanol–water partition coefficient (Wildman–Crippen LogP) is 0.960. The Balaban J connectivity index is 2.22. The van der Waals surface area contributed by atoms with Gasteiger partial charge < -0.3 is 9.74 Å². The van der Waals surface area contributed by atoms with Crippen LogP contribution in [0.2, 0.25) is 0 Å². The number of piperidine rings is 1. The topological polar surface area (TPSA) is 24.8 Å². The Morgan fingerprint density at radius 3 is 2.64 bits per heavy atom. The van der Waals surface area contributed by atoms with E-state index in [2.05, 4.69) is 21.9 Å². The normalized spacial score (nSPS) is 22.7. The van der Waals surface area contributed by atoms with Gasteiger partial charge in [0.1, 0.15) is 7.11 Å². The van der Waals surface area contributed by atoms with Gasteiger partial charge in [-0.25, -0.2) is 0 Å². The van der Waals surface area contributed by atoms with Crippen molar-refractivity contribution in [2.45, 2.75) is 12.8 Å². The van der Waals surface area contributed by atoms with Gasteiger partial charge in [-0.3, -0.25) is 0 Å². The van der Waals surface area contributed by atoms with Gasteiger partial charge in [0.15, 0.2) is 0 Å². The van der Waals surface area contributed by atoms with Gasteiger partial charge in [-0.05, 0) is 38.9 Å². The molecule has 0 radical (unpaired) electrons. The Kier molecular flexibility index (Phi) is 3.36. The highest BCUT2D eigenvalue weighted by Gasteiger charge is 2.14. The van der Waals surface area contributed by atoms with E-state index >= 15 is 0 Å². The second-order valence-electron chi connectivity index (χ2n) is 3.08. The van der Waals surface area contributed by atoms with Crippen LogP contribution in [-0.2, 0) is 4.84 Å². The summed E-state index contributed by atoms with van der Waals surface area (Å²) in [6.45, 7) is 2.36. The number of oxime groups is 1. The van der Waals surface area contributed by atoms with E-state index in [1.807, 2.05) is 6.21 Å². The highest BCUT2D eigenvalue weighted by molar-refractivity contribution is 5.60. The SMILES string of the molecule is CO/N=C/C1CCN(C)CC1. The Bertz CT molecular complexity index is 128. The third kappa shape index (κ3) is 2.89. The first-order valence-electron chi connectivity index (χ1n) is 4.08. The summed E-state index contributed by atoms with van der Waals surface area (Å²) in [5.41, 5.74) is 0. The average molecular weight is 156 g/mol. The van der Waals surface area contributed by atoms with E-state index in [9.17, 15) is 0 Å². The molecule has 1 rings (SSSR count). The third-order valence-electron chi connectivity index (χ3n) is 2.14. The van der Waals surface area contributed by atoms with Gasteiger partial charge in [0, 0.05) is 6.21 Å². The van der Waals surface area contributed by atoms with Crippen LogP contribution in [0.25, 0.3) is 0 Å². The second kappa shape index (κ2) is 4.34. The molecule has 1 aliphatic rings. The third-order valence-corrected chi connectivity index (χ3v) is 2.14. The Hall–Kier alpha value is -0.570. The van der Waals surface area contributed by atoms with Crippen molar-refractivity contribution in [1.82, 2.24) is 4.90 Å². The van der Waals surface area contributed by atoms with Crippen molar-refractivity contribution in [1.29, 1.82) is 0 Å². The monoisotopic (exact) mass is 156 g/mol. The van der Waals surface area contributed by atoms with Crippen LogP contribution in [0, 0.1) is 5.92 Å². The summed E-state index contributed by atoms with van der Waals surface area (Å²) in [5.74, 6) is 0.631. The van der Waals surface area contributed by atoms with E-state index in [0.29, 0.717) is 5.92 Å². The minimum Gasteiger partial charge on any atom is -0.399 e. The summed E-state index contributed by atoms with van der Waals surface area (Å²) < 4.78 is 0. The quantitative estimate of drug-likeness (QED) is 0.439. The van der Waals surface area contributed by atoms with Gasteiger partial charge in [-0.1, -0.05) is 5.16 Å². The van der Waals surface area contributed by atoms with Gasteiger partial charge in [0.2, 0.25) is 0 Å². The summed E-state index contributed by atoms with van der Waals surface area (Å²) in [6, 6.07) is 0. The van der Waals surface area contributed by atoms with Gasteiger partial charge >= 0.3 is 0 Å². The molecule has 1 aliphatic heterocycles. The molecule has 0 aromatic heterocycles. The molecule has 0 bridgehead atoms. The lowest BCUT2D eigenvalue weighted by molar-refractivity contribution is 0.207. The molecule has 0 unspecified atom stereocenters. The minimum atomic E-state index is 0.631. The van der Waals surface area contributed by atoms with Crippen molar-refractivity contribution in [3.8, 4) is 0 Å². The molecule has 0 aliphatic carbocycles. The standard InChI is InChI=1S/C8H16N2O/c1-10-5-3-8(4-6-10)7-9-11-2/h7-8H,3-6H2,1-2H3/b9-7+. The van der Waals surface area contributed by atoms with Crippen LogP contribution in [0.15, 0.2) is 5.16 Å². The van der Waals surface area contributed by atoms with E-state index in [1.54, 1.807) is 7.11 Å². The smallest absolute Gasteiger partial charge is 0.106 e. The van der Waals surface area contributed by atoms with Crippen LogP contribution in [0.4, 0.5) is 0 Å². The molecule has 1 fully saturated rings. The highest BCUT2D eigenvalue weighted by atomic mass is 16.6. The molecule has 0 atom stereocenters. The largest absolute Gasteiger partial charge is 0.399 e. The zero-order valence-electron chi connectivity index (χ0n) is 7.29. The van der Waals surface area contributed by atoms with Crippen molar-refractivity contribution in [2.24, 2.45) is 11.1 Å². The van der Waals surface area contributed by atoms with Crippen LogP contribution >= 0.6 is 0 Å². The lowest BCUT2D eigenvalue weighted by Crippen LogP contribution is -2.30. The zero-order valence-corrected chi connectivity index (χ0v) is 7.29. The number of hydrogen-bond donors (Lipinski definition) is 0. The maximum absolute atomic E-state index is 4.63. The maximum atomic E-state index is 4.63. The first-order chi connectivity index (χ1) is 5.33. The van der Waals surface area contributed by atoms with Gasteiger partial charge in [0.05, 0.1) is 0 Å². The minimum absolute atomic E-state index is 0.631.